The summed E-state index contributed by atoms with van der Waals surface area (Å²) in [5.41, 5.74) is -1.52. The number of sulfonamides is 1. The summed E-state index contributed by atoms with van der Waals surface area (Å²) in [5.74, 6) is 0. The summed E-state index contributed by atoms with van der Waals surface area (Å²) in [5, 5.41) is 0.0465. The first kappa shape index (κ1) is 23.4. The summed E-state index contributed by atoms with van der Waals surface area (Å²) in [4.78, 5) is 3.42. The van der Waals surface area contributed by atoms with Crippen molar-refractivity contribution in [2.45, 2.75) is 30.2 Å². The number of hydrogen-bond donors (Lipinski definition) is 0. The van der Waals surface area contributed by atoms with Crippen LogP contribution in [-0.2, 0) is 16.2 Å². The molecule has 0 saturated heterocycles. The van der Waals surface area contributed by atoms with Crippen molar-refractivity contribution < 1.29 is 34.8 Å². The van der Waals surface area contributed by atoms with Crippen molar-refractivity contribution >= 4 is 27.3 Å². The van der Waals surface area contributed by atoms with Crippen molar-refractivity contribution in [3.8, 4) is 0 Å². The number of fused-ring (bicyclic) bond motifs is 1. The highest BCUT2D eigenvalue weighted by atomic mass is 35.5. The lowest BCUT2D eigenvalue weighted by Gasteiger charge is -2.32. The molecule has 0 bridgehead atoms. The molecule has 2 heterocycles. The van der Waals surface area contributed by atoms with E-state index in [2.05, 4.69) is 4.98 Å². The molecule has 3 aromatic rings. The number of halogens is 7. The summed E-state index contributed by atoms with van der Waals surface area (Å²) in [7, 11) is -4.72. The molecule has 31 heavy (non-hydrogen) atoms. The zero-order valence-electron chi connectivity index (χ0n) is 15.6. The fourth-order valence-corrected chi connectivity index (χ4v) is 4.88. The van der Waals surface area contributed by atoms with Gasteiger partial charge in [-0.2, -0.15) is 30.6 Å². The van der Waals surface area contributed by atoms with Gasteiger partial charge in [0.25, 0.3) is 0 Å². The van der Waals surface area contributed by atoms with Crippen LogP contribution in [0.15, 0.2) is 53.7 Å². The molecule has 0 spiro atoms. The number of nitrogens with zero attached hydrogens (tertiary/aromatic N) is 3. The molecule has 1 atom stereocenters. The number of aromatic nitrogens is 2. The Hall–Kier alpha value is -2.31. The second kappa shape index (κ2) is 7.99. The van der Waals surface area contributed by atoms with Crippen molar-refractivity contribution in [1.29, 1.82) is 0 Å². The predicted molar refractivity (Wildman–Crippen MR) is 100 cm³/mol. The zero-order valence-corrected chi connectivity index (χ0v) is 17.2. The zero-order chi connectivity index (χ0) is 23.2. The van der Waals surface area contributed by atoms with Crippen LogP contribution in [-0.4, -0.2) is 34.8 Å². The van der Waals surface area contributed by atoms with Gasteiger partial charge in [-0.15, -0.1) is 0 Å². The minimum Gasteiger partial charge on any atom is -0.289 e. The molecule has 0 unspecified atom stereocenters. The van der Waals surface area contributed by atoms with Gasteiger partial charge in [0.15, 0.2) is 0 Å². The van der Waals surface area contributed by atoms with E-state index >= 15 is 0 Å². The monoisotopic (exact) mass is 485 g/mol. The maximum atomic E-state index is 13.9. The fourth-order valence-electron chi connectivity index (χ4n) is 3.08. The first-order chi connectivity index (χ1) is 14.3. The summed E-state index contributed by atoms with van der Waals surface area (Å²) < 4.78 is 108. The van der Waals surface area contributed by atoms with Crippen LogP contribution in [0.2, 0.25) is 5.15 Å². The Morgan fingerprint density at radius 2 is 1.68 bits per heavy atom. The number of rotatable bonds is 5. The topological polar surface area (TPSA) is 54.7 Å². The Labute approximate surface area is 177 Å². The summed E-state index contributed by atoms with van der Waals surface area (Å²) >= 11 is 5.91. The minimum absolute atomic E-state index is 0.0465. The molecule has 0 aliphatic heterocycles. The molecule has 0 aliphatic carbocycles. The molecule has 168 valence electrons. The van der Waals surface area contributed by atoms with Crippen molar-refractivity contribution in [3.63, 3.8) is 0 Å². The van der Waals surface area contributed by atoms with Gasteiger partial charge in [0.05, 0.1) is 16.7 Å². The van der Waals surface area contributed by atoms with Crippen LogP contribution in [0.1, 0.15) is 24.1 Å². The van der Waals surface area contributed by atoms with Crippen molar-refractivity contribution in [3.05, 3.63) is 65.1 Å². The van der Waals surface area contributed by atoms with Gasteiger partial charge in [-0.05, 0) is 29.8 Å². The van der Waals surface area contributed by atoms with E-state index in [-0.39, 0.29) is 15.1 Å². The summed E-state index contributed by atoms with van der Waals surface area (Å²) in [6.07, 6.45) is -7.57. The van der Waals surface area contributed by atoms with E-state index in [0.29, 0.717) is 24.3 Å². The number of benzene rings is 1. The second-order valence-electron chi connectivity index (χ2n) is 6.45. The molecular formula is C18H14ClF6N3O2S. The first-order valence-electron chi connectivity index (χ1n) is 8.65. The van der Waals surface area contributed by atoms with Gasteiger partial charge in [0.1, 0.15) is 16.8 Å². The molecule has 5 nitrogen and oxygen atoms in total. The molecule has 0 radical (unpaired) electrons. The van der Waals surface area contributed by atoms with E-state index in [1.54, 1.807) is 0 Å². The highest BCUT2D eigenvalue weighted by Gasteiger charge is 2.49. The maximum absolute atomic E-state index is 13.9. The molecule has 0 saturated carbocycles. The minimum atomic E-state index is -5.10. The van der Waals surface area contributed by atoms with E-state index in [9.17, 15) is 34.8 Å². The number of hydrogen-bond acceptors (Lipinski definition) is 3. The third-order valence-electron chi connectivity index (χ3n) is 4.50. The van der Waals surface area contributed by atoms with E-state index in [0.717, 1.165) is 12.3 Å². The van der Waals surface area contributed by atoms with Crippen molar-refractivity contribution in [1.82, 2.24) is 13.7 Å². The van der Waals surface area contributed by atoms with Crippen LogP contribution in [0.25, 0.3) is 5.65 Å². The Bertz CT molecular complexity index is 1190. The van der Waals surface area contributed by atoms with Gasteiger partial charge in [0.2, 0.25) is 10.0 Å². The highest BCUT2D eigenvalue weighted by molar-refractivity contribution is 7.89. The quantitative estimate of drug-likeness (QED) is 0.460. The molecule has 0 fully saturated rings. The summed E-state index contributed by atoms with van der Waals surface area (Å²) in [6.45, 7) is 0.603. The lowest BCUT2D eigenvalue weighted by molar-refractivity contribution is -0.173. The van der Waals surface area contributed by atoms with Gasteiger partial charge in [0, 0.05) is 12.7 Å². The molecular weight excluding hydrogens is 472 g/mol. The van der Waals surface area contributed by atoms with Gasteiger partial charge in [-0.25, -0.2) is 13.4 Å². The third-order valence-corrected chi connectivity index (χ3v) is 6.71. The third kappa shape index (κ3) is 4.51. The molecule has 1 aromatic carbocycles. The van der Waals surface area contributed by atoms with E-state index in [4.69, 9.17) is 11.6 Å². The SMILES string of the molecule is CCN([C@H](c1ccc(C(F)(F)F)cc1)C(F)(F)F)S(=O)(=O)c1ccc2ncc(Cl)n2c1. The van der Waals surface area contributed by atoms with Crippen LogP contribution in [0, 0.1) is 0 Å². The molecule has 2 aromatic heterocycles. The summed E-state index contributed by atoms with van der Waals surface area (Å²) in [6, 6.07) is 1.85. The Kier molecular flexibility index (Phi) is 6.02. The number of pyridine rings is 1. The van der Waals surface area contributed by atoms with Crippen LogP contribution in [0.4, 0.5) is 26.3 Å². The Morgan fingerprint density at radius 3 is 2.19 bits per heavy atom. The fraction of sp³-hybridized carbons (Fsp3) is 0.278. The molecule has 0 amide bonds. The highest BCUT2D eigenvalue weighted by Crippen LogP contribution is 2.41. The largest absolute Gasteiger partial charge is 0.416 e. The Morgan fingerprint density at radius 1 is 1.06 bits per heavy atom. The molecule has 0 N–H and O–H groups in total. The van der Waals surface area contributed by atoms with Gasteiger partial charge >= 0.3 is 12.4 Å². The van der Waals surface area contributed by atoms with Gasteiger partial charge < -0.3 is 0 Å². The smallest absolute Gasteiger partial charge is 0.289 e. The van der Waals surface area contributed by atoms with Gasteiger partial charge in [-0.3, -0.25) is 4.40 Å². The van der Waals surface area contributed by atoms with E-state index in [1.807, 2.05) is 0 Å². The van der Waals surface area contributed by atoms with Crippen LogP contribution >= 0.6 is 11.6 Å². The second-order valence-corrected chi connectivity index (χ2v) is 8.72. The van der Waals surface area contributed by atoms with Crippen molar-refractivity contribution in [2.24, 2.45) is 0 Å². The average molecular weight is 486 g/mol. The van der Waals surface area contributed by atoms with Crippen LogP contribution < -0.4 is 0 Å². The molecule has 0 aliphatic rings. The number of imidazole rings is 1. The standard InChI is InChI=1S/C18H14ClF6N3O2S/c1-2-28(31(29,30)13-7-8-15-26-9-14(19)27(15)10-13)16(18(23,24)25)11-3-5-12(6-4-11)17(20,21)22/h3-10,16H,2H2,1H3/t16-/m1/s1. The predicted octanol–water partition coefficient (Wildman–Crippen LogP) is 5.32. The average Bonchev–Trinajstić information content (AvgIpc) is 3.04. The molecule has 3 rings (SSSR count). The lowest BCUT2D eigenvalue weighted by atomic mass is 10.0. The van der Waals surface area contributed by atoms with E-state index < -0.39 is 51.0 Å². The van der Waals surface area contributed by atoms with E-state index in [1.165, 1.54) is 23.6 Å². The number of alkyl halides is 6. The normalized spacial score (nSPS) is 14.4. The molecule has 13 heteroatoms. The lowest BCUT2D eigenvalue weighted by Crippen LogP contribution is -2.42. The van der Waals surface area contributed by atoms with Gasteiger partial charge in [-0.1, -0.05) is 30.7 Å². The van der Waals surface area contributed by atoms with Crippen LogP contribution in [0.5, 0.6) is 0 Å². The first-order valence-corrected chi connectivity index (χ1v) is 10.5. The maximum Gasteiger partial charge on any atom is 0.416 e. The Balaban J connectivity index is 2.11. The van der Waals surface area contributed by atoms with Crippen LogP contribution in [0.3, 0.4) is 0 Å². The van der Waals surface area contributed by atoms with Crippen molar-refractivity contribution in [2.75, 3.05) is 6.54 Å².